The molecule has 0 aliphatic rings. The minimum absolute atomic E-state index is 0.645. The van der Waals surface area contributed by atoms with E-state index >= 15 is 0 Å². The molecule has 0 aliphatic heterocycles. The van der Waals surface area contributed by atoms with Gasteiger partial charge < -0.3 is 19.9 Å². The third kappa shape index (κ3) is 2.40. The molecule has 2 aromatic rings. The third-order valence-corrected chi connectivity index (χ3v) is 2.96. The second-order valence-electron chi connectivity index (χ2n) is 4.24. The lowest BCUT2D eigenvalue weighted by Crippen LogP contribution is -2.19. The Balaban J connectivity index is 2.18. The Morgan fingerprint density at radius 1 is 1.44 bits per heavy atom. The average Bonchev–Trinajstić information content (AvgIpc) is 2.75. The topological polar surface area (TPSA) is 56.3 Å². The summed E-state index contributed by atoms with van der Waals surface area (Å²) in [5.74, 6) is 1.70. The van der Waals surface area contributed by atoms with Crippen molar-refractivity contribution in [1.82, 2.24) is 9.55 Å². The van der Waals surface area contributed by atoms with Crippen molar-refractivity contribution in [3.05, 3.63) is 36.4 Å². The van der Waals surface area contributed by atoms with Gasteiger partial charge in [-0.1, -0.05) is 0 Å². The van der Waals surface area contributed by atoms with Gasteiger partial charge in [0.2, 0.25) is 0 Å². The predicted octanol–water partition coefficient (Wildman–Crippen LogP) is 1.65. The Labute approximate surface area is 107 Å². The molecule has 18 heavy (non-hydrogen) atoms. The van der Waals surface area contributed by atoms with Crippen molar-refractivity contribution in [3.8, 4) is 5.75 Å². The van der Waals surface area contributed by atoms with Crippen molar-refractivity contribution in [2.24, 2.45) is 7.05 Å². The maximum atomic E-state index is 5.80. The molecule has 0 saturated carbocycles. The summed E-state index contributed by atoms with van der Waals surface area (Å²) in [5, 5.41) is 0. The van der Waals surface area contributed by atoms with Crippen LogP contribution in [0.15, 0.2) is 30.6 Å². The van der Waals surface area contributed by atoms with Crippen LogP contribution in [0.25, 0.3) is 0 Å². The number of aryl methyl sites for hydroxylation is 1. The van der Waals surface area contributed by atoms with Gasteiger partial charge in [-0.2, -0.15) is 0 Å². The van der Waals surface area contributed by atoms with Crippen LogP contribution in [0.1, 0.15) is 5.82 Å². The number of benzene rings is 1. The molecule has 5 nitrogen and oxygen atoms in total. The molecule has 5 heteroatoms. The lowest BCUT2D eigenvalue weighted by molar-refractivity contribution is 0.417. The lowest BCUT2D eigenvalue weighted by atomic mass is 10.2. The summed E-state index contributed by atoms with van der Waals surface area (Å²) in [6.45, 7) is 0.733. The van der Waals surface area contributed by atoms with Crippen LogP contribution in [0, 0.1) is 0 Å². The molecule has 2 rings (SSSR count). The number of nitrogens with zero attached hydrogens (tertiary/aromatic N) is 3. The molecule has 0 bridgehead atoms. The van der Waals surface area contributed by atoms with Crippen LogP contribution in [0.2, 0.25) is 0 Å². The van der Waals surface area contributed by atoms with Gasteiger partial charge in [0, 0.05) is 38.2 Å². The van der Waals surface area contributed by atoms with Crippen LogP contribution in [0.5, 0.6) is 5.75 Å². The molecule has 0 saturated heterocycles. The Morgan fingerprint density at radius 3 is 2.83 bits per heavy atom. The molecule has 1 heterocycles. The van der Waals surface area contributed by atoms with Gasteiger partial charge in [-0.25, -0.2) is 4.98 Å². The minimum Gasteiger partial charge on any atom is -0.495 e. The number of aromatic nitrogens is 2. The molecule has 0 atom stereocenters. The van der Waals surface area contributed by atoms with Gasteiger partial charge in [-0.05, 0) is 12.1 Å². The largest absolute Gasteiger partial charge is 0.495 e. The van der Waals surface area contributed by atoms with E-state index in [2.05, 4.69) is 9.88 Å². The summed E-state index contributed by atoms with van der Waals surface area (Å²) < 4.78 is 7.23. The average molecular weight is 246 g/mol. The molecule has 0 radical (unpaired) electrons. The van der Waals surface area contributed by atoms with Crippen molar-refractivity contribution in [2.75, 3.05) is 24.8 Å². The zero-order valence-electron chi connectivity index (χ0n) is 10.9. The summed E-state index contributed by atoms with van der Waals surface area (Å²) in [6, 6.07) is 5.75. The zero-order valence-corrected chi connectivity index (χ0v) is 10.9. The van der Waals surface area contributed by atoms with Gasteiger partial charge in [0.05, 0.1) is 19.3 Å². The van der Waals surface area contributed by atoms with E-state index in [4.69, 9.17) is 10.5 Å². The zero-order chi connectivity index (χ0) is 13.1. The highest BCUT2D eigenvalue weighted by molar-refractivity contribution is 5.62. The quantitative estimate of drug-likeness (QED) is 0.833. The number of hydrogen-bond acceptors (Lipinski definition) is 4. The molecule has 96 valence electrons. The van der Waals surface area contributed by atoms with E-state index in [1.54, 1.807) is 13.3 Å². The predicted molar refractivity (Wildman–Crippen MR) is 72.7 cm³/mol. The monoisotopic (exact) mass is 246 g/mol. The molecule has 0 fully saturated rings. The number of nitrogen functional groups attached to an aromatic ring is 1. The third-order valence-electron chi connectivity index (χ3n) is 2.96. The standard InChI is InChI=1S/C13H18N4O/c1-16-7-6-15-13(16)9-17(2)10-4-5-11(14)12(8-10)18-3/h4-8H,9,14H2,1-3H3. The number of nitrogens with two attached hydrogens (primary N) is 1. The number of hydrogen-bond donors (Lipinski definition) is 1. The highest BCUT2D eigenvalue weighted by atomic mass is 16.5. The normalized spacial score (nSPS) is 10.4. The van der Waals surface area contributed by atoms with Crippen LogP contribution >= 0.6 is 0 Å². The van der Waals surface area contributed by atoms with Crippen LogP contribution in [0.3, 0.4) is 0 Å². The number of anilines is 2. The fraction of sp³-hybridized carbons (Fsp3) is 0.308. The maximum Gasteiger partial charge on any atom is 0.143 e. The van der Waals surface area contributed by atoms with E-state index < -0.39 is 0 Å². The van der Waals surface area contributed by atoms with Crippen molar-refractivity contribution >= 4 is 11.4 Å². The van der Waals surface area contributed by atoms with Gasteiger partial charge in [-0.15, -0.1) is 0 Å². The molecule has 1 aromatic carbocycles. The summed E-state index contributed by atoms with van der Waals surface area (Å²) in [6.07, 6.45) is 3.74. The number of ether oxygens (including phenoxy) is 1. The first kappa shape index (κ1) is 12.3. The van der Waals surface area contributed by atoms with Gasteiger partial charge >= 0.3 is 0 Å². The van der Waals surface area contributed by atoms with Crippen LogP contribution in [-0.2, 0) is 13.6 Å². The fourth-order valence-corrected chi connectivity index (χ4v) is 1.79. The Kier molecular flexibility index (Phi) is 3.41. The number of methoxy groups -OCH3 is 1. The van der Waals surface area contributed by atoms with Gasteiger partial charge in [0.15, 0.2) is 0 Å². The molecule has 0 spiro atoms. The van der Waals surface area contributed by atoms with Crippen LogP contribution < -0.4 is 15.4 Å². The summed E-state index contributed by atoms with van der Waals surface area (Å²) in [5.41, 5.74) is 7.49. The lowest BCUT2D eigenvalue weighted by Gasteiger charge is -2.20. The number of rotatable bonds is 4. The molecule has 0 amide bonds. The molecular weight excluding hydrogens is 228 g/mol. The highest BCUT2D eigenvalue weighted by Gasteiger charge is 2.08. The van der Waals surface area contributed by atoms with E-state index in [9.17, 15) is 0 Å². The van der Waals surface area contributed by atoms with Crippen molar-refractivity contribution in [3.63, 3.8) is 0 Å². The van der Waals surface area contributed by atoms with Gasteiger partial charge in [0.25, 0.3) is 0 Å². The molecular formula is C13H18N4O. The Bertz CT molecular complexity index is 536. The maximum absolute atomic E-state index is 5.80. The molecule has 2 N–H and O–H groups in total. The first-order valence-corrected chi connectivity index (χ1v) is 5.72. The van der Waals surface area contributed by atoms with E-state index in [-0.39, 0.29) is 0 Å². The summed E-state index contributed by atoms with van der Waals surface area (Å²) in [7, 11) is 5.62. The second-order valence-corrected chi connectivity index (χ2v) is 4.24. The first-order valence-electron chi connectivity index (χ1n) is 5.72. The summed E-state index contributed by atoms with van der Waals surface area (Å²) in [4.78, 5) is 6.41. The minimum atomic E-state index is 0.645. The van der Waals surface area contributed by atoms with E-state index in [1.165, 1.54) is 0 Å². The number of imidazole rings is 1. The van der Waals surface area contributed by atoms with Crippen LogP contribution in [-0.4, -0.2) is 23.7 Å². The van der Waals surface area contributed by atoms with Gasteiger partial charge in [-0.3, -0.25) is 0 Å². The van der Waals surface area contributed by atoms with Gasteiger partial charge in [0.1, 0.15) is 11.6 Å². The fourth-order valence-electron chi connectivity index (χ4n) is 1.79. The molecule has 0 unspecified atom stereocenters. The van der Waals surface area contributed by atoms with Crippen molar-refractivity contribution in [2.45, 2.75) is 6.54 Å². The van der Waals surface area contributed by atoms with Crippen LogP contribution in [0.4, 0.5) is 11.4 Å². The summed E-state index contributed by atoms with van der Waals surface area (Å²) >= 11 is 0. The highest BCUT2D eigenvalue weighted by Crippen LogP contribution is 2.27. The van der Waals surface area contributed by atoms with Crippen molar-refractivity contribution < 1.29 is 4.74 Å². The molecule has 1 aromatic heterocycles. The van der Waals surface area contributed by atoms with E-state index in [1.807, 2.05) is 43.1 Å². The first-order chi connectivity index (χ1) is 8.61. The Hall–Kier alpha value is -2.17. The van der Waals surface area contributed by atoms with E-state index in [0.29, 0.717) is 11.4 Å². The molecule has 0 aliphatic carbocycles. The van der Waals surface area contributed by atoms with Crippen molar-refractivity contribution in [1.29, 1.82) is 0 Å². The Morgan fingerprint density at radius 2 is 2.22 bits per heavy atom. The smallest absolute Gasteiger partial charge is 0.143 e. The second kappa shape index (κ2) is 5.00. The SMILES string of the molecule is COc1cc(N(C)Cc2nccn2C)ccc1N. The van der Waals surface area contributed by atoms with E-state index in [0.717, 1.165) is 18.1 Å².